The number of unbranched alkanes of at least 4 members (excludes halogenated alkanes) is 4. The number of likely N-dealkylation sites (N-methyl/N-ethyl adjacent to an activating group) is 1. The van der Waals surface area contributed by atoms with Crippen molar-refractivity contribution < 1.29 is 19.1 Å². The highest BCUT2D eigenvalue weighted by atomic mass is 16.5. The molecule has 0 aromatic rings. The van der Waals surface area contributed by atoms with E-state index in [4.69, 9.17) is 9.47 Å². The van der Waals surface area contributed by atoms with Gasteiger partial charge in [-0.3, -0.25) is 9.59 Å². The summed E-state index contributed by atoms with van der Waals surface area (Å²) in [4.78, 5) is 29.9. The Kier molecular flexibility index (Phi) is 6.92. The van der Waals surface area contributed by atoms with Gasteiger partial charge < -0.3 is 19.3 Å². The second-order valence-electron chi connectivity index (χ2n) is 8.05. The molecule has 0 N–H and O–H groups in total. The van der Waals surface area contributed by atoms with E-state index in [9.17, 15) is 9.59 Å². The van der Waals surface area contributed by atoms with E-state index in [1.807, 2.05) is 4.90 Å². The van der Waals surface area contributed by atoms with Crippen LogP contribution in [0.4, 0.5) is 0 Å². The number of esters is 1. The van der Waals surface area contributed by atoms with E-state index >= 15 is 0 Å². The van der Waals surface area contributed by atoms with Gasteiger partial charge in [0.05, 0.1) is 30.7 Å². The predicted octanol–water partition coefficient (Wildman–Crippen LogP) is 2.07. The van der Waals surface area contributed by atoms with E-state index in [2.05, 4.69) is 18.9 Å². The third-order valence-corrected chi connectivity index (χ3v) is 6.14. The van der Waals surface area contributed by atoms with Crippen molar-refractivity contribution in [1.29, 1.82) is 0 Å². The topological polar surface area (TPSA) is 59.1 Å². The summed E-state index contributed by atoms with van der Waals surface area (Å²) in [5.41, 5.74) is 0. The van der Waals surface area contributed by atoms with Gasteiger partial charge in [0, 0.05) is 26.2 Å². The quantitative estimate of drug-likeness (QED) is 0.486. The zero-order chi connectivity index (χ0) is 18.5. The van der Waals surface area contributed by atoms with Crippen LogP contribution in [0.1, 0.15) is 51.9 Å². The Labute approximate surface area is 157 Å². The third kappa shape index (κ3) is 4.39. The number of carbonyl (C=O) groups is 2. The first-order valence-corrected chi connectivity index (χ1v) is 10.4. The number of piperazine rings is 1. The summed E-state index contributed by atoms with van der Waals surface area (Å²) >= 11 is 0. The van der Waals surface area contributed by atoms with Crippen LogP contribution in [0.15, 0.2) is 0 Å². The molecule has 26 heavy (non-hydrogen) atoms. The van der Waals surface area contributed by atoms with E-state index in [0.717, 1.165) is 51.9 Å². The Bertz CT molecular complexity index is 490. The molecule has 0 saturated carbocycles. The van der Waals surface area contributed by atoms with Crippen LogP contribution in [0.2, 0.25) is 0 Å². The number of hydrogen-bond donors (Lipinski definition) is 0. The van der Waals surface area contributed by atoms with E-state index in [1.54, 1.807) is 0 Å². The molecular formula is C20H34N2O4. The predicted molar refractivity (Wildman–Crippen MR) is 98.7 cm³/mol. The summed E-state index contributed by atoms with van der Waals surface area (Å²) in [7, 11) is 2.07. The highest BCUT2D eigenvalue weighted by Gasteiger charge is 2.56. The van der Waals surface area contributed by atoms with Gasteiger partial charge in [-0.05, 0) is 26.3 Å². The van der Waals surface area contributed by atoms with E-state index in [-0.39, 0.29) is 30.0 Å². The SMILES string of the molecule is CCCCCCCOC(=O)[C@H]1[C@@H](C(=O)N2CCN(C)CC2)[C@@H]2CC[C@H]1O2. The zero-order valence-electron chi connectivity index (χ0n) is 16.3. The summed E-state index contributed by atoms with van der Waals surface area (Å²) < 4.78 is 11.5. The Morgan fingerprint density at radius 2 is 1.62 bits per heavy atom. The van der Waals surface area contributed by atoms with E-state index in [0.29, 0.717) is 6.61 Å². The second kappa shape index (κ2) is 9.18. The summed E-state index contributed by atoms with van der Waals surface area (Å²) in [5.74, 6) is -0.878. The van der Waals surface area contributed by atoms with Crippen LogP contribution in [-0.2, 0) is 19.1 Å². The van der Waals surface area contributed by atoms with Gasteiger partial charge in [0.25, 0.3) is 0 Å². The molecule has 0 aromatic heterocycles. The molecule has 1 amide bonds. The fourth-order valence-corrected chi connectivity index (χ4v) is 4.50. The van der Waals surface area contributed by atoms with Gasteiger partial charge in [-0.25, -0.2) is 0 Å². The van der Waals surface area contributed by atoms with Crippen molar-refractivity contribution in [1.82, 2.24) is 9.80 Å². The molecule has 3 rings (SSSR count). The van der Waals surface area contributed by atoms with Crippen LogP contribution in [0, 0.1) is 11.8 Å². The molecule has 0 unspecified atom stereocenters. The van der Waals surface area contributed by atoms with Gasteiger partial charge in [-0.15, -0.1) is 0 Å². The lowest BCUT2D eigenvalue weighted by molar-refractivity contribution is -0.156. The van der Waals surface area contributed by atoms with Crippen molar-refractivity contribution in [3.63, 3.8) is 0 Å². The van der Waals surface area contributed by atoms with Crippen LogP contribution in [0.3, 0.4) is 0 Å². The fourth-order valence-electron chi connectivity index (χ4n) is 4.50. The summed E-state index contributed by atoms with van der Waals surface area (Å²) in [6, 6.07) is 0. The van der Waals surface area contributed by atoms with Gasteiger partial charge in [0.15, 0.2) is 0 Å². The molecule has 3 saturated heterocycles. The van der Waals surface area contributed by atoms with Crippen LogP contribution in [0.25, 0.3) is 0 Å². The standard InChI is InChI=1S/C20H34N2O4/c1-3-4-5-6-7-14-25-20(24)18-16-9-8-15(26-16)17(18)19(23)22-12-10-21(2)11-13-22/h15-18H,3-14H2,1-2H3/t15-,16+,17-,18+/m0/s1. The minimum Gasteiger partial charge on any atom is -0.465 e. The first kappa shape index (κ1) is 19.6. The number of nitrogens with zero attached hydrogens (tertiary/aromatic N) is 2. The molecule has 3 fully saturated rings. The van der Waals surface area contributed by atoms with Gasteiger partial charge >= 0.3 is 5.97 Å². The molecule has 148 valence electrons. The lowest BCUT2D eigenvalue weighted by Crippen LogP contribution is -2.52. The molecule has 6 heteroatoms. The molecule has 0 aromatic carbocycles. The maximum atomic E-state index is 13.1. The van der Waals surface area contributed by atoms with Crippen molar-refractivity contribution in [2.24, 2.45) is 11.8 Å². The highest BCUT2D eigenvalue weighted by molar-refractivity contribution is 5.87. The number of rotatable bonds is 8. The average Bonchev–Trinajstić information content (AvgIpc) is 3.26. The van der Waals surface area contributed by atoms with Crippen LogP contribution < -0.4 is 0 Å². The molecule has 3 heterocycles. The van der Waals surface area contributed by atoms with Crippen LogP contribution in [0.5, 0.6) is 0 Å². The maximum Gasteiger partial charge on any atom is 0.312 e. The lowest BCUT2D eigenvalue weighted by Gasteiger charge is -2.36. The number of amides is 1. The monoisotopic (exact) mass is 366 g/mol. The van der Waals surface area contributed by atoms with E-state index in [1.165, 1.54) is 19.3 Å². The molecule has 3 aliphatic heterocycles. The maximum absolute atomic E-state index is 13.1. The number of ether oxygens (including phenoxy) is 2. The molecule has 0 aliphatic carbocycles. The first-order chi connectivity index (χ1) is 12.6. The fraction of sp³-hybridized carbons (Fsp3) is 0.900. The van der Waals surface area contributed by atoms with E-state index < -0.39 is 5.92 Å². The molecule has 3 aliphatic rings. The number of hydrogen-bond acceptors (Lipinski definition) is 5. The van der Waals surface area contributed by atoms with Crippen molar-refractivity contribution in [2.45, 2.75) is 64.1 Å². The third-order valence-electron chi connectivity index (χ3n) is 6.14. The van der Waals surface area contributed by atoms with Gasteiger partial charge in [0.2, 0.25) is 5.91 Å². The Morgan fingerprint density at radius 1 is 0.962 bits per heavy atom. The molecule has 6 nitrogen and oxygen atoms in total. The first-order valence-electron chi connectivity index (χ1n) is 10.4. The molecular weight excluding hydrogens is 332 g/mol. The van der Waals surface area contributed by atoms with Gasteiger partial charge in [-0.2, -0.15) is 0 Å². The smallest absolute Gasteiger partial charge is 0.312 e. The van der Waals surface area contributed by atoms with Crippen molar-refractivity contribution in [3.05, 3.63) is 0 Å². The molecule has 0 radical (unpaired) electrons. The minimum atomic E-state index is -0.406. The summed E-state index contributed by atoms with van der Waals surface area (Å²) in [5, 5.41) is 0. The number of carbonyl (C=O) groups excluding carboxylic acids is 2. The van der Waals surface area contributed by atoms with Gasteiger partial charge in [0.1, 0.15) is 0 Å². The van der Waals surface area contributed by atoms with Crippen LogP contribution in [-0.4, -0.2) is 73.7 Å². The minimum absolute atomic E-state index is 0.0928. The molecule has 4 atom stereocenters. The molecule has 0 spiro atoms. The average molecular weight is 367 g/mol. The molecule has 2 bridgehead atoms. The second-order valence-corrected chi connectivity index (χ2v) is 8.05. The van der Waals surface area contributed by atoms with Gasteiger partial charge in [-0.1, -0.05) is 32.6 Å². The van der Waals surface area contributed by atoms with Crippen molar-refractivity contribution in [2.75, 3.05) is 39.8 Å². The zero-order valence-corrected chi connectivity index (χ0v) is 16.3. The highest BCUT2D eigenvalue weighted by Crippen LogP contribution is 2.45. The number of fused-ring (bicyclic) bond motifs is 2. The van der Waals surface area contributed by atoms with Crippen molar-refractivity contribution in [3.8, 4) is 0 Å². The summed E-state index contributed by atoms with van der Waals surface area (Å²) in [6.45, 7) is 5.91. The Hall–Kier alpha value is -1.14. The summed E-state index contributed by atoms with van der Waals surface area (Å²) in [6.07, 6.45) is 7.15. The Morgan fingerprint density at radius 3 is 2.31 bits per heavy atom. The Balaban J connectivity index is 1.53. The van der Waals surface area contributed by atoms with Crippen LogP contribution >= 0.6 is 0 Å². The lowest BCUT2D eigenvalue weighted by atomic mass is 9.78. The van der Waals surface area contributed by atoms with Crippen molar-refractivity contribution >= 4 is 11.9 Å². The normalized spacial score (nSPS) is 31.4. The largest absolute Gasteiger partial charge is 0.465 e.